The van der Waals surface area contributed by atoms with E-state index in [0.717, 1.165) is 24.1 Å². The van der Waals surface area contributed by atoms with E-state index in [9.17, 15) is 0 Å². The van der Waals surface area contributed by atoms with Gasteiger partial charge in [0.15, 0.2) is 5.96 Å². The predicted molar refractivity (Wildman–Crippen MR) is 125 cm³/mol. The maximum Gasteiger partial charge on any atom is 0.191 e. The second kappa shape index (κ2) is 11.5. The number of halogens is 2. The third-order valence-electron chi connectivity index (χ3n) is 4.68. The monoisotopic (exact) mass is 498 g/mol. The minimum absolute atomic E-state index is 0. The minimum atomic E-state index is 0. The van der Waals surface area contributed by atoms with Gasteiger partial charge in [0.25, 0.3) is 0 Å². The first-order chi connectivity index (χ1) is 12.7. The summed E-state index contributed by atoms with van der Waals surface area (Å²) < 4.78 is 0. The van der Waals surface area contributed by atoms with E-state index in [1.807, 2.05) is 24.3 Å². The van der Waals surface area contributed by atoms with Crippen molar-refractivity contribution < 1.29 is 0 Å². The van der Waals surface area contributed by atoms with Crippen LogP contribution in [0.15, 0.2) is 53.5 Å². The molecule has 146 valence electrons. The van der Waals surface area contributed by atoms with E-state index >= 15 is 0 Å². The number of rotatable bonds is 6. The molecule has 0 spiro atoms. The van der Waals surface area contributed by atoms with Crippen LogP contribution < -0.4 is 10.6 Å². The molecule has 0 saturated carbocycles. The van der Waals surface area contributed by atoms with Crippen molar-refractivity contribution in [2.24, 2.45) is 4.99 Å². The minimum Gasteiger partial charge on any atom is -0.352 e. The van der Waals surface area contributed by atoms with Gasteiger partial charge in [0.1, 0.15) is 0 Å². The van der Waals surface area contributed by atoms with Crippen LogP contribution in [0.2, 0.25) is 5.02 Å². The standard InChI is InChI=1S/C21H27ClN4.HI/c1-23-21(25-15-18-8-10-20(22)11-9-18)24-14-17-4-6-19(7-5-17)16-26-12-2-3-13-26;/h4-11H,2-3,12-16H2,1H3,(H2,23,24,25);1H. The maximum absolute atomic E-state index is 5.92. The number of aliphatic imine (C=N–C) groups is 1. The van der Waals surface area contributed by atoms with Gasteiger partial charge in [0.2, 0.25) is 0 Å². The van der Waals surface area contributed by atoms with E-state index < -0.39 is 0 Å². The van der Waals surface area contributed by atoms with E-state index in [2.05, 4.69) is 44.8 Å². The molecule has 6 heteroatoms. The highest BCUT2D eigenvalue weighted by molar-refractivity contribution is 14.0. The summed E-state index contributed by atoms with van der Waals surface area (Å²) in [5.41, 5.74) is 3.81. The summed E-state index contributed by atoms with van der Waals surface area (Å²) in [6.45, 7) is 5.01. The Morgan fingerprint density at radius 1 is 0.889 bits per heavy atom. The van der Waals surface area contributed by atoms with Crippen molar-refractivity contribution in [2.45, 2.75) is 32.5 Å². The molecule has 1 saturated heterocycles. The van der Waals surface area contributed by atoms with Crippen LogP contribution in [0.5, 0.6) is 0 Å². The van der Waals surface area contributed by atoms with Gasteiger partial charge in [-0.15, -0.1) is 24.0 Å². The first-order valence-corrected chi connectivity index (χ1v) is 9.60. The molecule has 2 N–H and O–H groups in total. The summed E-state index contributed by atoms with van der Waals surface area (Å²) in [5, 5.41) is 7.44. The van der Waals surface area contributed by atoms with Crippen molar-refractivity contribution in [2.75, 3.05) is 20.1 Å². The maximum atomic E-state index is 5.92. The van der Waals surface area contributed by atoms with Gasteiger partial charge in [-0.1, -0.05) is 48.0 Å². The Labute approximate surface area is 184 Å². The van der Waals surface area contributed by atoms with Gasteiger partial charge in [0, 0.05) is 31.7 Å². The van der Waals surface area contributed by atoms with E-state index in [1.165, 1.54) is 42.6 Å². The van der Waals surface area contributed by atoms with Gasteiger partial charge in [-0.2, -0.15) is 0 Å². The number of guanidine groups is 1. The summed E-state index contributed by atoms with van der Waals surface area (Å²) in [6.07, 6.45) is 2.67. The molecule has 0 amide bonds. The van der Waals surface area contributed by atoms with Gasteiger partial charge in [-0.25, -0.2) is 0 Å². The number of hydrogen-bond donors (Lipinski definition) is 2. The van der Waals surface area contributed by atoms with Crippen molar-refractivity contribution in [3.05, 3.63) is 70.2 Å². The average Bonchev–Trinajstić information content (AvgIpc) is 3.17. The Morgan fingerprint density at radius 3 is 1.89 bits per heavy atom. The van der Waals surface area contributed by atoms with E-state index in [1.54, 1.807) is 7.05 Å². The summed E-state index contributed by atoms with van der Waals surface area (Å²) in [6, 6.07) is 16.7. The van der Waals surface area contributed by atoms with Crippen molar-refractivity contribution in [1.82, 2.24) is 15.5 Å². The molecule has 0 unspecified atom stereocenters. The van der Waals surface area contributed by atoms with Crippen LogP contribution in [0.25, 0.3) is 0 Å². The lowest BCUT2D eigenvalue weighted by molar-refractivity contribution is 0.331. The Kier molecular flexibility index (Phi) is 9.38. The van der Waals surface area contributed by atoms with Crippen molar-refractivity contribution >= 4 is 41.5 Å². The molecule has 0 radical (unpaired) electrons. The smallest absolute Gasteiger partial charge is 0.191 e. The summed E-state index contributed by atoms with van der Waals surface area (Å²) >= 11 is 5.92. The quantitative estimate of drug-likeness (QED) is 0.352. The van der Waals surface area contributed by atoms with E-state index in [-0.39, 0.29) is 24.0 Å². The topological polar surface area (TPSA) is 39.7 Å². The SMILES string of the molecule is CN=C(NCc1ccc(Cl)cc1)NCc1ccc(CN2CCCC2)cc1.I. The largest absolute Gasteiger partial charge is 0.352 e. The van der Waals surface area contributed by atoms with Gasteiger partial charge in [-0.3, -0.25) is 9.89 Å². The van der Waals surface area contributed by atoms with Crippen LogP contribution in [0.4, 0.5) is 0 Å². The molecule has 2 aromatic rings. The highest BCUT2D eigenvalue weighted by atomic mass is 127. The fourth-order valence-corrected chi connectivity index (χ4v) is 3.28. The number of nitrogens with one attached hydrogen (secondary N) is 2. The number of likely N-dealkylation sites (tertiary alicyclic amines) is 1. The third kappa shape index (κ3) is 7.31. The van der Waals surface area contributed by atoms with Crippen molar-refractivity contribution in [3.63, 3.8) is 0 Å². The average molecular weight is 499 g/mol. The summed E-state index contributed by atoms with van der Waals surface area (Å²) in [7, 11) is 1.79. The number of nitrogens with zero attached hydrogens (tertiary/aromatic N) is 2. The zero-order valence-electron chi connectivity index (χ0n) is 15.7. The lowest BCUT2D eigenvalue weighted by atomic mass is 10.1. The van der Waals surface area contributed by atoms with Crippen molar-refractivity contribution in [3.8, 4) is 0 Å². The van der Waals surface area contributed by atoms with Crippen LogP contribution in [0.3, 0.4) is 0 Å². The van der Waals surface area contributed by atoms with Crippen LogP contribution >= 0.6 is 35.6 Å². The molecule has 1 heterocycles. The lowest BCUT2D eigenvalue weighted by Crippen LogP contribution is -2.36. The molecule has 1 aliphatic rings. The predicted octanol–water partition coefficient (Wildman–Crippen LogP) is 4.42. The summed E-state index contributed by atoms with van der Waals surface area (Å²) in [5.74, 6) is 0.793. The second-order valence-corrected chi connectivity index (χ2v) is 7.14. The molecule has 2 aromatic carbocycles. The Hall–Kier alpha value is -1.31. The highest BCUT2D eigenvalue weighted by Crippen LogP contribution is 2.13. The molecule has 0 aromatic heterocycles. The molecule has 0 aliphatic carbocycles. The zero-order valence-corrected chi connectivity index (χ0v) is 18.8. The molecular weight excluding hydrogens is 471 g/mol. The van der Waals surface area contributed by atoms with Crippen molar-refractivity contribution in [1.29, 1.82) is 0 Å². The molecule has 0 atom stereocenters. The fraction of sp³-hybridized carbons (Fsp3) is 0.381. The first kappa shape index (κ1) is 22.0. The molecule has 0 bridgehead atoms. The normalized spacial score (nSPS) is 14.7. The molecular formula is C21H28ClIN4. The van der Waals surface area contributed by atoms with E-state index in [4.69, 9.17) is 11.6 Å². The van der Waals surface area contributed by atoms with Gasteiger partial charge in [-0.05, 0) is 54.8 Å². The van der Waals surface area contributed by atoms with Gasteiger partial charge in [0.05, 0.1) is 0 Å². The second-order valence-electron chi connectivity index (χ2n) is 6.71. The van der Waals surface area contributed by atoms with Crippen LogP contribution in [-0.4, -0.2) is 31.0 Å². The Morgan fingerprint density at radius 2 is 1.37 bits per heavy atom. The Balaban J connectivity index is 0.00000261. The highest BCUT2D eigenvalue weighted by Gasteiger charge is 2.11. The van der Waals surface area contributed by atoms with Crippen LogP contribution in [0, 0.1) is 0 Å². The van der Waals surface area contributed by atoms with Gasteiger partial charge >= 0.3 is 0 Å². The number of benzene rings is 2. The molecule has 27 heavy (non-hydrogen) atoms. The lowest BCUT2D eigenvalue weighted by Gasteiger charge is -2.15. The molecule has 3 rings (SSSR count). The third-order valence-corrected chi connectivity index (χ3v) is 4.94. The van der Waals surface area contributed by atoms with Crippen LogP contribution in [0.1, 0.15) is 29.5 Å². The van der Waals surface area contributed by atoms with E-state index in [0.29, 0.717) is 6.54 Å². The molecule has 1 fully saturated rings. The zero-order chi connectivity index (χ0) is 18.2. The Bertz CT molecular complexity index is 710. The summed E-state index contributed by atoms with van der Waals surface area (Å²) in [4.78, 5) is 6.81. The first-order valence-electron chi connectivity index (χ1n) is 9.22. The molecule has 1 aliphatic heterocycles. The van der Waals surface area contributed by atoms with Gasteiger partial charge < -0.3 is 10.6 Å². The fourth-order valence-electron chi connectivity index (χ4n) is 3.16. The molecule has 4 nitrogen and oxygen atoms in total. The van der Waals surface area contributed by atoms with Crippen LogP contribution in [-0.2, 0) is 19.6 Å². The number of hydrogen-bond acceptors (Lipinski definition) is 2.